The van der Waals surface area contributed by atoms with Crippen molar-refractivity contribution in [2.45, 2.75) is 0 Å². The predicted molar refractivity (Wildman–Crippen MR) is 108 cm³/mol. The molecule has 0 aliphatic rings. The Hall–Kier alpha value is -3.32. The molecule has 130 valence electrons. The van der Waals surface area contributed by atoms with Crippen LogP contribution in [0, 0.1) is 0 Å². The number of allylic oxidation sites excluding steroid dienone is 1. The van der Waals surface area contributed by atoms with Gasteiger partial charge in [0, 0.05) is 54.8 Å². The third-order valence-electron chi connectivity index (χ3n) is 3.62. The Morgan fingerprint density at radius 3 is 3.04 bits per heavy atom. The van der Waals surface area contributed by atoms with Gasteiger partial charge in [0.25, 0.3) is 0 Å². The van der Waals surface area contributed by atoms with Gasteiger partial charge in [-0.3, -0.25) is 14.8 Å². The van der Waals surface area contributed by atoms with Crippen molar-refractivity contribution in [2.24, 2.45) is 10.7 Å². The van der Waals surface area contributed by atoms with Crippen LogP contribution < -0.4 is 11.1 Å². The van der Waals surface area contributed by atoms with Gasteiger partial charge in [-0.1, -0.05) is 0 Å². The van der Waals surface area contributed by atoms with Crippen molar-refractivity contribution in [3.05, 3.63) is 65.6 Å². The van der Waals surface area contributed by atoms with E-state index in [-0.39, 0.29) is 5.91 Å². The topological polar surface area (TPSA) is 93.3 Å². The van der Waals surface area contributed by atoms with Crippen molar-refractivity contribution in [3.8, 4) is 0 Å². The predicted octanol–water partition coefficient (Wildman–Crippen LogP) is 3.34. The highest BCUT2D eigenvalue weighted by atomic mass is 32.1. The summed E-state index contributed by atoms with van der Waals surface area (Å²) in [5.74, 6) is -0.230. The molecular formula is C19H17N5OS. The Morgan fingerprint density at radius 2 is 2.23 bits per heavy atom. The average Bonchev–Trinajstić information content (AvgIpc) is 3.12. The van der Waals surface area contributed by atoms with Crippen molar-refractivity contribution >= 4 is 51.0 Å². The molecule has 0 saturated carbocycles. The second-order valence-corrected chi connectivity index (χ2v) is 6.22. The molecule has 0 aliphatic heterocycles. The fraction of sp³-hybridized carbons (Fsp3) is 0.0526. The van der Waals surface area contributed by atoms with E-state index in [9.17, 15) is 4.79 Å². The van der Waals surface area contributed by atoms with Gasteiger partial charge < -0.3 is 11.1 Å². The van der Waals surface area contributed by atoms with E-state index in [2.05, 4.69) is 20.3 Å². The number of carbonyl (C=O) groups excluding carboxylic acids is 1. The van der Waals surface area contributed by atoms with Crippen LogP contribution in [-0.2, 0) is 4.79 Å². The number of thiazole rings is 1. The summed E-state index contributed by atoms with van der Waals surface area (Å²) in [7, 11) is 1.67. The number of rotatable bonds is 5. The number of carbonyl (C=O) groups is 1. The van der Waals surface area contributed by atoms with Crippen molar-refractivity contribution in [3.63, 3.8) is 0 Å². The zero-order valence-electron chi connectivity index (χ0n) is 14.1. The summed E-state index contributed by atoms with van der Waals surface area (Å²) >= 11 is 1.53. The third kappa shape index (κ3) is 4.01. The number of nitrogens with two attached hydrogens (primary N) is 1. The fourth-order valence-corrected chi connectivity index (χ4v) is 3.14. The number of aromatic nitrogens is 2. The lowest BCUT2D eigenvalue weighted by molar-refractivity contribution is -0.111. The van der Waals surface area contributed by atoms with Crippen molar-refractivity contribution in [1.82, 2.24) is 9.97 Å². The highest BCUT2D eigenvalue weighted by Gasteiger charge is 2.05. The van der Waals surface area contributed by atoms with Crippen LogP contribution in [-0.4, -0.2) is 29.1 Å². The smallest absolute Gasteiger partial charge is 0.248 e. The van der Waals surface area contributed by atoms with E-state index in [1.807, 2.05) is 24.3 Å². The molecule has 1 amide bonds. The average molecular weight is 363 g/mol. The Bertz CT molecular complexity index is 1020. The van der Waals surface area contributed by atoms with Gasteiger partial charge in [-0.25, -0.2) is 4.98 Å². The van der Waals surface area contributed by atoms with Crippen LogP contribution in [0.4, 0.5) is 5.69 Å². The zero-order valence-corrected chi connectivity index (χ0v) is 14.9. The Balaban J connectivity index is 1.78. The summed E-state index contributed by atoms with van der Waals surface area (Å²) < 4.78 is 1.03. The van der Waals surface area contributed by atoms with Crippen LogP contribution in [0.15, 0.2) is 59.4 Å². The summed E-state index contributed by atoms with van der Waals surface area (Å²) in [4.78, 5) is 24.6. The quantitative estimate of drug-likeness (QED) is 0.537. The van der Waals surface area contributed by atoms with E-state index < -0.39 is 0 Å². The first-order valence-corrected chi connectivity index (χ1v) is 8.70. The number of pyridine rings is 1. The van der Waals surface area contributed by atoms with Crippen molar-refractivity contribution in [2.75, 3.05) is 12.4 Å². The highest BCUT2D eigenvalue weighted by molar-refractivity contribution is 7.16. The number of aliphatic imine (C=N–C) groups is 1. The largest absolute Gasteiger partial charge is 0.404 e. The number of nitrogens with zero attached hydrogens (tertiary/aromatic N) is 3. The maximum absolute atomic E-state index is 12.2. The van der Waals surface area contributed by atoms with Crippen molar-refractivity contribution < 1.29 is 4.79 Å². The first-order chi connectivity index (χ1) is 12.7. The molecule has 2 heterocycles. The minimum absolute atomic E-state index is 0.230. The van der Waals surface area contributed by atoms with Crippen molar-refractivity contribution in [1.29, 1.82) is 0 Å². The number of hydrogen-bond donors (Lipinski definition) is 2. The van der Waals surface area contributed by atoms with Crippen LogP contribution in [0.1, 0.15) is 11.1 Å². The number of anilines is 1. The molecule has 1 aromatic carbocycles. The number of nitrogens with one attached hydrogen (secondary N) is 1. The van der Waals surface area contributed by atoms with Crippen LogP contribution in [0.25, 0.3) is 21.9 Å². The van der Waals surface area contributed by atoms with E-state index in [1.54, 1.807) is 37.2 Å². The molecule has 0 fully saturated rings. The molecule has 3 aromatic rings. The molecule has 0 aliphatic carbocycles. The van der Waals surface area contributed by atoms with Crippen LogP contribution in [0.2, 0.25) is 0 Å². The normalized spacial score (nSPS) is 12.3. The molecule has 0 bridgehead atoms. The second kappa shape index (κ2) is 8.17. The Labute approximate surface area is 154 Å². The molecule has 3 rings (SSSR count). The van der Waals surface area contributed by atoms with Crippen LogP contribution in [0.5, 0.6) is 0 Å². The van der Waals surface area contributed by atoms with Gasteiger partial charge in [-0.15, -0.1) is 11.3 Å². The Morgan fingerprint density at radius 1 is 1.35 bits per heavy atom. The lowest BCUT2D eigenvalue weighted by atomic mass is 10.0. The molecule has 2 aromatic heterocycles. The number of amides is 1. The summed E-state index contributed by atoms with van der Waals surface area (Å²) in [6.07, 6.45) is 9.66. The molecule has 7 heteroatoms. The lowest BCUT2D eigenvalue weighted by Gasteiger charge is -2.06. The van der Waals surface area contributed by atoms with Crippen LogP contribution in [0.3, 0.4) is 0 Å². The number of fused-ring (bicyclic) bond motifs is 1. The van der Waals surface area contributed by atoms with Gasteiger partial charge in [-0.2, -0.15) is 0 Å². The SMILES string of the molecule is CN=CC(=CN)c1ccncc1/C=C/C(=O)Nc1ccc2ncsc2c1. The molecule has 0 saturated heterocycles. The van der Waals surface area contributed by atoms with Gasteiger partial charge >= 0.3 is 0 Å². The van der Waals surface area contributed by atoms with E-state index in [0.29, 0.717) is 0 Å². The van der Waals surface area contributed by atoms with E-state index >= 15 is 0 Å². The molecule has 0 spiro atoms. The van der Waals surface area contributed by atoms with Gasteiger partial charge in [0.2, 0.25) is 5.91 Å². The van der Waals surface area contributed by atoms with Gasteiger partial charge in [0.1, 0.15) is 0 Å². The summed E-state index contributed by atoms with van der Waals surface area (Å²) in [6.45, 7) is 0. The minimum atomic E-state index is -0.230. The summed E-state index contributed by atoms with van der Waals surface area (Å²) in [6, 6.07) is 7.44. The number of benzene rings is 1. The van der Waals surface area contributed by atoms with Gasteiger partial charge in [0.05, 0.1) is 15.7 Å². The molecule has 0 radical (unpaired) electrons. The molecule has 3 N–H and O–H groups in total. The standard InChI is InChI=1S/C19H17N5OS/c1-21-10-14(9-20)16-6-7-22-11-13(16)2-5-19(25)24-15-3-4-17-18(8-15)26-12-23-17/h2-12H,20H2,1H3,(H,24,25)/b5-2+,14-9?,21-10?. The van der Waals surface area contributed by atoms with Crippen LogP contribution >= 0.6 is 11.3 Å². The molecule has 0 atom stereocenters. The van der Waals surface area contributed by atoms with E-state index in [1.165, 1.54) is 23.6 Å². The molecule has 26 heavy (non-hydrogen) atoms. The maximum atomic E-state index is 12.2. The second-order valence-electron chi connectivity index (χ2n) is 5.33. The van der Waals surface area contributed by atoms with E-state index in [4.69, 9.17) is 5.73 Å². The van der Waals surface area contributed by atoms with Gasteiger partial charge in [0.15, 0.2) is 0 Å². The molecule has 0 unspecified atom stereocenters. The zero-order chi connectivity index (χ0) is 18.4. The Kier molecular flexibility index (Phi) is 5.50. The first kappa shape index (κ1) is 17.5. The maximum Gasteiger partial charge on any atom is 0.248 e. The van der Waals surface area contributed by atoms with E-state index in [0.717, 1.165) is 32.6 Å². The lowest BCUT2D eigenvalue weighted by Crippen LogP contribution is -2.07. The molecule has 6 nitrogen and oxygen atoms in total. The number of hydrogen-bond acceptors (Lipinski definition) is 6. The highest BCUT2D eigenvalue weighted by Crippen LogP contribution is 2.22. The summed E-state index contributed by atoms with van der Waals surface area (Å²) in [5.41, 5.74) is 11.5. The first-order valence-electron chi connectivity index (χ1n) is 7.82. The van der Waals surface area contributed by atoms with Gasteiger partial charge in [-0.05, 0) is 35.9 Å². The summed E-state index contributed by atoms with van der Waals surface area (Å²) in [5, 5.41) is 2.85. The fourth-order valence-electron chi connectivity index (χ4n) is 2.43. The third-order valence-corrected chi connectivity index (χ3v) is 4.42. The molecular weight excluding hydrogens is 346 g/mol. The minimum Gasteiger partial charge on any atom is -0.404 e. The monoisotopic (exact) mass is 363 g/mol.